The molecule has 0 radical (unpaired) electrons. The third-order valence-electron chi connectivity index (χ3n) is 4.48. The summed E-state index contributed by atoms with van der Waals surface area (Å²) in [5.74, 6) is -1.19. The Labute approximate surface area is 186 Å². The molecule has 2 amide bonds. The van der Waals surface area contributed by atoms with Crippen molar-refractivity contribution in [3.8, 4) is 17.0 Å². The van der Waals surface area contributed by atoms with E-state index in [4.69, 9.17) is 16.1 Å². The molecule has 4 aromatic rings. The lowest BCUT2D eigenvalue weighted by atomic mass is 10.1. The number of aryl methyl sites for hydroxylation is 1. The van der Waals surface area contributed by atoms with Gasteiger partial charge in [0.05, 0.1) is 5.69 Å². The van der Waals surface area contributed by atoms with Crippen LogP contribution in [0.1, 0.15) is 26.7 Å². The van der Waals surface area contributed by atoms with Crippen LogP contribution in [0.4, 0.5) is 0 Å². The van der Waals surface area contributed by atoms with Crippen molar-refractivity contribution in [3.63, 3.8) is 0 Å². The quantitative estimate of drug-likeness (QED) is 0.462. The van der Waals surface area contributed by atoms with E-state index < -0.39 is 22.9 Å². The normalized spacial score (nSPS) is 10.6. The van der Waals surface area contributed by atoms with Crippen molar-refractivity contribution in [2.45, 2.75) is 6.92 Å². The Morgan fingerprint density at radius 2 is 1.66 bits per heavy atom. The Morgan fingerprint density at radius 1 is 0.969 bits per heavy atom. The molecule has 32 heavy (non-hydrogen) atoms. The lowest BCUT2D eigenvalue weighted by Crippen LogP contribution is -2.44. The predicted molar refractivity (Wildman–Crippen MR) is 116 cm³/mol. The number of hydrazine groups is 1. The largest absolute Gasteiger partial charge is 0.355 e. The molecule has 0 saturated heterocycles. The number of hydrogen-bond acceptors (Lipinski definition) is 6. The summed E-state index contributed by atoms with van der Waals surface area (Å²) in [6.07, 6.45) is 0. The van der Waals surface area contributed by atoms with Crippen LogP contribution < -0.4 is 16.3 Å². The molecule has 2 N–H and O–H groups in total. The average Bonchev–Trinajstić information content (AvgIpc) is 3.29. The number of nitrogens with one attached hydrogen (secondary N) is 2. The molecule has 0 aliphatic carbocycles. The number of carbonyl (C=O) groups is 2. The number of aromatic nitrogens is 3. The van der Waals surface area contributed by atoms with Gasteiger partial charge in [-0.1, -0.05) is 47.1 Å². The third-order valence-corrected chi connectivity index (χ3v) is 4.74. The zero-order valence-corrected chi connectivity index (χ0v) is 17.5. The van der Waals surface area contributed by atoms with Gasteiger partial charge in [0.2, 0.25) is 5.43 Å². The fourth-order valence-electron chi connectivity index (χ4n) is 2.91. The van der Waals surface area contributed by atoms with Crippen molar-refractivity contribution in [1.29, 1.82) is 0 Å². The molecule has 160 valence electrons. The van der Waals surface area contributed by atoms with Gasteiger partial charge in [0.1, 0.15) is 0 Å². The van der Waals surface area contributed by atoms with Crippen LogP contribution in [0.15, 0.2) is 76.0 Å². The number of carbonyl (C=O) groups excluding carboxylic acids is 2. The Balaban J connectivity index is 1.49. The zero-order valence-electron chi connectivity index (χ0n) is 16.7. The minimum atomic E-state index is -0.877. The second-order valence-corrected chi connectivity index (χ2v) is 7.17. The minimum Gasteiger partial charge on any atom is -0.355 e. The topological polar surface area (TPSA) is 119 Å². The van der Waals surface area contributed by atoms with Crippen LogP contribution >= 0.6 is 11.6 Å². The van der Waals surface area contributed by atoms with Gasteiger partial charge in [-0.2, -0.15) is 5.10 Å². The summed E-state index contributed by atoms with van der Waals surface area (Å²) in [6.45, 7) is 1.68. The van der Waals surface area contributed by atoms with Gasteiger partial charge < -0.3 is 4.52 Å². The molecule has 9 nitrogen and oxygen atoms in total. The van der Waals surface area contributed by atoms with Crippen LogP contribution in [0.2, 0.25) is 5.02 Å². The summed E-state index contributed by atoms with van der Waals surface area (Å²) in [5, 5.41) is 8.37. The molecule has 0 aliphatic rings. The highest BCUT2D eigenvalue weighted by Gasteiger charge is 2.18. The van der Waals surface area contributed by atoms with Gasteiger partial charge in [-0.25, -0.2) is 4.68 Å². The maximum Gasteiger partial charge on any atom is 0.294 e. The van der Waals surface area contributed by atoms with E-state index >= 15 is 0 Å². The highest BCUT2D eigenvalue weighted by atomic mass is 35.5. The van der Waals surface area contributed by atoms with E-state index in [9.17, 15) is 14.4 Å². The van der Waals surface area contributed by atoms with E-state index in [0.717, 1.165) is 5.56 Å². The number of halogens is 1. The first-order valence-electron chi connectivity index (χ1n) is 9.42. The van der Waals surface area contributed by atoms with Gasteiger partial charge in [0.15, 0.2) is 17.1 Å². The van der Waals surface area contributed by atoms with Crippen LogP contribution in [-0.2, 0) is 0 Å². The summed E-state index contributed by atoms with van der Waals surface area (Å²) in [4.78, 5) is 37.1. The van der Waals surface area contributed by atoms with Crippen molar-refractivity contribution >= 4 is 23.4 Å². The van der Waals surface area contributed by atoms with Crippen LogP contribution in [0.5, 0.6) is 0 Å². The molecule has 0 fully saturated rings. The third kappa shape index (κ3) is 4.42. The Hall–Kier alpha value is -4.24. The van der Waals surface area contributed by atoms with E-state index in [1.165, 1.54) is 16.8 Å². The Morgan fingerprint density at radius 3 is 2.38 bits per heavy atom. The fourth-order valence-corrected chi connectivity index (χ4v) is 3.03. The Kier molecular flexibility index (Phi) is 5.82. The van der Waals surface area contributed by atoms with Gasteiger partial charge in [-0.3, -0.25) is 25.2 Å². The van der Waals surface area contributed by atoms with Crippen LogP contribution in [-0.4, -0.2) is 26.8 Å². The number of rotatable bonds is 4. The number of amides is 2. The van der Waals surface area contributed by atoms with E-state index in [1.54, 1.807) is 43.3 Å². The van der Waals surface area contributed by atoms with Gasteiger partial charge in [0.25, 0.3) is 11.8 Å². The number of benzene rings is 2. The molecule has 0 unspecified atom stereocenters. The first-order valence-corrected chi connectivity index (χ1v) is 9.80. The molecule has 0 aliphatic heterocycles. The molecule has 10 heteroatoms. The SMILES string of the molecule is Cc1cc(=O)c(C(=O)NNC(=O)c2cc(-c3ccccc3)on2)nn1-c1ccc(Cl)cc1. The van der Waals surface area contributed by atoms with Gasteiger partial charge in [-0.15, -0.1) is 0 Å². The van der Waals surface area contributed by atoms with Gasteiger partial charge in [0, 0.05) is 28.4 Å². The average molecular weight is 450 g/mol. The summed E-state index contributed by atoms with van der Waals surface area (Å²) in [6, 6.07) is 18.6. The molecular formula is C22H16ClN5O4. The second kappa shape index (κ2) is 8.86. The monoisotopic (exact) mass is 449 g/mol. The van der Waals surface area contributed by atoms with E-state index in [1.807, 2.05) is 18.2 Å². The van der Waals surface area contributed by atoms with Gasteiger partial charge >= 0.3 is 0 Å². The highest BCUT2D eigenvalue weighted by molar-refractivity contribution is 6.30. The Bertz CT molecular complexity index is 1350. The molecule has 2 aromatic carbocycles. The maximum atomic E-state index is 12.5. The van der Waals surface area contributed by atoms with Crippen molar-refractivity contribution in [1.82, 2.24) is 25.8 Å². The molecule has 0 saturated carbocycles. The summed E-state index contributed by atoms with van der Waals surface area (Å²) >= 11 is 5.91. The molecule has 2 heterocycles. The first kappa shape index (κ1) is 21.0. The van der Waals surface area contributed by atoms with Crippen molar-refractivity contribution in [3.05, 3.63) is 99.1 Å². The first-order chi connectivity index (χ1) is 15.4. The standard InChI is InChI=1S/C22H16ClN5O4/c1-13-11-18(29)20(26-28(13)16-9-7-15(23)8-10-16)22(31)25-24-21(30)17-12-19(32-27-17)14-5-3-2-4-6-14/h2-12H,1H3,(H,24,30)(H,25,31). The molecule has 0 bridgehead atoms. The molecular weight excluding hydrogens is 434 g/mol. The molecule has 4 rings (SSSR count). The summed E-state index contributed by atoms with van der Waals surface area (Å²) in [5.41, 5.74) is 5.24. The van der Waals surface area contributed by atoms with Crippen LogP contribution in [0.25, 0.3) is 17.0 Å². The molecule has 2 aromatic heterocycles. The van der Waals surface area contributed by atoms with E-state index in [2.05, 4.69) is 21.1 Å². The fraction of sp³-hybridized carbons (Fsp3) is 0.0455. The van der Waals surface area contributed by atoms with Gasteiger partial charge in [-0.05, 0) is 31.2 Å². The lowest BCUT2D eigenvalue weighted by molar-refractivity contribution is 0.0837. The van der Waals surface area contributed by atoms with E-state index in [0.29, 0.717) is 22.2 Å². The smallest absolute Gasteiger partial charge is 0.294 e. The summed E-state index contributed by atoms with van der Waals surface area (Å²) in [7, 11) is 0. The number of nitrogens with zero attached hydrogens (tertiary/aromatic N) is 3. The molecule has 0 spiro atoms. The maximum absolute atomic E-state index is 12.5. The van der Waals surface area contributed by atoms with Crippen molar-refractivity contribution < 1.29 is 14.1 Å². The lowest BCUT2D eigenvalue weighted by Gasteiger charge is -2.11. The number of hydrogen-bond donors (Lipinski definition) is 2. The summed E-state index contributed by atoms with van der Waals surface area (Å²) < 4.78 is 6.60. The highest BCUT2D eigenvalue weighted by Crippen LogP contribution is 2.19. The van der Waals surface area contributed by atoms with Crippen LogP contribution in [0, 0.1) is 6.92 Å². The van der Waals surface area contributed by atoms with Crippen molar-refractivity contribution in [2.75, 3.05) is 0 Å². The van der Waals surface area contributed by atoms with Crippen LogP contribution in [0.3, 0.4) is 0 Å². The zero-order chi connectivity index (χ0) is 22.7. The minimum absolute atomic E-state index is 0.0420. The van der Waals surface area contributed by atoms with E-state index in [-0.39, 0.29) is 5.69 Å². The molecule has 0 atom stereocenters. The van der Waals surface area contributed by atoms with Crippen molar-refractivity contribution in [2.24, 2.45) is 0 Å². The predicted octanol–water partition coefficient (Wildman–Crippen LogP) is 2.92. The second-order valence-electron chi connectivity index (χ2n) is 6.74.